The van der Waals surface area contributed by atoms with Crippen molar-refractivity contribution in [2.75, 3.05) is 16.3 Å². The number of carboxylic acid groups (broad SMARTS) is 1. The van der Waals surface area contributed by atoms with Crippen LogP contribution in [0.5, 0.6) is 0 Å². The number of amides is 1. The fraction of sp³-hybridized carbons (Fsp3) is 0.263. The normalized spacial score (nSPS) is 16.7. The van der Waals surface area contributed by atoms with Crippen molar-refractivity contribution in [1.29, 1.82) is 0 Å². The predicted molar refractivity (Wildman–Crippen MR) is 93.5 cm³/mol. The fourth-order valence-corrected chi connectivity index (χ4v) is 3.37. The highest BCUT2D eigenvalue weighted by Gasteiger charge is 2.30. The molecule has 0 saturated heterocycles. The maximum atomic E-state index is 12.0. The van der Waals surface area contributed by atoms with E-state index >= 15 is 0 Å². The van der Waals surface area contributed by atoms with Crippen LogP contribution < -0.4 is 9.80 Å². The van der Waals surface area contributed by atoms with Crippen molar-refractivity contribution in [2.24, 2.45) is 0 Å². The molecule has 0 aromatic heterocycles. The van der Waals surface area contributed by atoms with Crippen molar-refractivity contribution in [2.45, 2.75) is 26.4 Å². The average Bonchev–Trinajstić information content (AvgIpc) is 2.54. The van der Waals surface area contributed by atoms with E-state index in [1.165, 1.54) is 0 Å². The summed E-state index contributed by atoms with van der Waals surface area (Å²) in [4.78, 5) is 27.4. The Morgan fingerprint density at radius 2 is 1.71 bits per heavy atom. The summed E-state index contributed by atoms with van der Waals surface area (Å²) in [6.45, 7) is 4.73. The van der Waals surface area contributed by atoms with Gasteiger partial charge in [-0.2, -0.15) is 0 Å². The Labute approximate surface area is 141 Å². The Morgan fingerprint density at radius 3 is 2.38 bits per heavy atom. The molecule has 0 radical (unpaired) electrons. The molecule has 3 rings (SSSR count). The van der Waals surface area contributed by atoms with E-state index in [1.807, 2.05) is 43.3 Å². The quantitative estimate of drug-likeness (QED) is 0.942. The number of carbonyl (C=O) groups is 2. The van der Waals surface area contributed by atoms with Gasteiger partial charge in [0.2, 0.25) is 5.91 Å². The molecule has 2 aromatic carbocycles. The third-order valence-electron chi connectivity index (χ3n) is 4.36. The monoisotopic (exact) mass is 324 g/mol. The minimum atomic E-state index is -0.922. The lowest BCUT2D eigenvalue weighted by Crippen LogP contribution is -2.49. The highest BCUT2D eigenvalue weighted by atomic mass is 16.4. The van der Waals surface area contributed by atoms with Gasteiger partial charge in [-0.15, -0.1) is 0 Å². The molecule has 5 nitrogen and oxygen atoms in total. The van der Waals surface area contributed by atoms with E-state index in [9.17, 15) is 14.7 Å². The minimum Gasteiger partial charge on any atom is -0.478 e. The van der Waals surface area contributed by atoms with E-state index in [1.54, 1.807) is 24.0 Å². The third-order valence-corrected chi connectivity index (χ3v) is 4.36. The molecular formula is C19H20N2O3. The Kier molecular flexibility index (Phi) is 4.25. The largest absolute Gasteiger partial charge is 0.478 e. The second-order valence-electron chi connectivity index (χ2n) is 6.07. The molecule has 1 N–H and O–H groups in total. The summed E-state index contributed by atoms with van der Waals surface area (Å²) in [6, 6.07) is 14.8. The van der Waals surface area contributed by atoms with Crippen LogP contribution >= 0.6 is 0 Å². The zero-order chi connectivity index (χ0) is 17.3. The van der Waals surface area contributed by atoms with Gasteiger partial charge in [-0.25, -0.2) is 4.79 Å². The zero-order valence-corrected chi connectivity index (χ0v) is 13.8. The first-order valence-corrected chi connectivity index (χ1v) is 7.94. The number of rotatable bonds is 3. The molecule has 2 aromatic rings. The van der Waals surface area contributed by atoms with Crippen LogP contribution in [0.15, 0.2) is 48.5 Å². The van der Waals surface area contributed by atoms with E-state index in [-0.39, 0.29) is 11.9 Å². The Balaban J connectivity index is 2.00. The lowest BCUT2D eigenvalue weighted by atomic mass is 10.0. The topological polar surface area (TPSA) is 60.9 Å². The van der Waals surface area contributed by atoms with Gasteiger partial charge in [-0.05, 0) is 30.7 Å². The summed E-state index contributed by atoms with van der Waals surface area (Å²) in [6.07, 6.45) is 0. The lowest BCUT2D eigenvalue weighted by molar-refractivity contribution is -0.117. The van der Waals surface area contributed by atoms with Crippen LogP contribution in [0.2, 0.25) is 0 Å². The number of hydrogen-bond acceptors (Lipinski definition) is 3. The molecule has 1 atom stereocenters. The van der Waals surface area contributed by atoms with Crippen molar-refractivity contribution in [3.8, 4) is 0 Å². The number of carboxylic acids is 1. The summed E-state index contributed by atoms with van der Waals surface area (Å²) in [5, 5.41) is 9.39. The fourth-order valence-electron chi connectivity index (χ4n) is 3.37. The predicted octanol–water partition coefficient (Wildman–Crippen LogP) is 3.15. The molecule has 24 heavy (non-hydrogen) atoms. The molecule has 0 bridgehead atoms. The molecule has 1 aliphatic rings. The molecule has 0 saturated carbocycles. The van der Waals surface area contributed by atoms with E-state index < -0.39 is 5.97 Å². The number of aromatic carboxylic acids is 1. The van der Waals surface area contributed by atoms with E-state index in [0.717, 1.165) is 16.9 Å². The van der Waals surface area contributed by atoms with Gasteiger partial charge in [0.05, 0.1) is 23.0 Å². The number of anilines is 2. The highest BCUT2D eigenvalue weighted by Crippen LogP contribution is 2.36. The molecular weight excluding hydrogens is 304 g/mol. The minimum absolute atomic E-state index is 0.0144. The maximum Gasteiger partial charge on any atom is 0.336 e. The smallest absolute Gasteiger partial charge is 0.336 e. The second kappa shape index (κ2) is 6.35. The van der Waals surface area contributed by atoms with Gasteiger partial charge in [0.1, 0.15) is 0 Å². The molecule has 1 heterocycles. The Morgan fingerprint density at radius 1 is 1.08 bits per heavy atom. The van der Waals surface area contributed by atoms with Crippen LogP contribution in [0, 0.1) is 0 Å². The van der Waals surface area contributed by atoms with E-state index in [4.69, 9.17) is 0 Å². The van der Waals surface area contributed by atoms with Gasteiger partial charge in [0, 0.05) is 20.0 Å². The van der Waals surface area contributed by atoms with Gasteiger partial charge in [0.15, 0.2) is 0 Å². The van der Waals surface area contributed by atoms with Gasteiger partial charge >= 0.3 is 5.97 Å². The summed E-state index contributed by atoms with van der Waals surface area (Å²) in [5.41, 5.74) is 2.91. The summed E-state index contributed by atoms with van der Waals surface area (Å²) in [7, 11) is 0. The number of carbonyl (C=O) groups excluding carboxylic acids is 1. The summed E-state index contributed by atoms with van der Waals surface area (Å²) < 4.78 is 0. The number of nitrogens with zero attached hydrogens (tertiary/aromatic N) is 2. The van der Waals surface area contributed by atoms with Crippen LogP contribution in [-0.2, 0) is 11.3 Å². The Bertz CT molecular complexity index is 788. The molecule has 0 fully saturated rings. The molecule has 0 spiro atoms. The van der Waals surface area contributed by atoms with Crippen LogP contribution in [-0.4, -0.2) is 29.6 Å². The van der Waals surface area contributed by atoms with Crippen LogP contribution in [0.3, 0.4) is 0 Å². The van der Waals surface area contributed by atoms with Gasteiger partial charge in [0.25, 0.3) is 0 Å². The third kappa shape index (κ3) is 2.85. The second-order valence-corrected chi connectivity index (χ2v) is 6.07. The van der Waals surface area contributed by atoms with E-state index in [0.29, 0.717) is 18.7 Å². The molecule has 1 aliphatic heterocycles. The number of fused-ring (bicyclic) bond motifs is 1. The summed E-state index contributed by atoms with van der Waals surface area (Å²) >= 11 is 0. The standard InChI is InChI=1S/C19H20N2O3/c1-13-11-20(12-15-7-3-4-8-16(15)19(23)24)17-9-5-6-10-18(17)21(13)14(2)22/h3-10,13H,11-12H2,1-2H3,(H,23,24). The lowest BCUT2D eigenvalue weighted by Gasteiger charge is -2.42. The first-order valence-electron chi connectivity index (χ1n) is 7.94. The van der Waals surface area contributed by atoms with Gasteiger partial charge in [-0.1, -0.05) is 30.3 Å². The first kappa shape index (κ1) is 16.1. The SMILES string of the molecule is CC(=O)N1c2ccccc2N(Cc2ccccc2C(=O)O)CC1C. The van der Waals surface area contributed by atoms with Crippen molar-refractivity contribution < 1.29 is 14.7 Å². The molecule has 0 aliphatic carbocycles. The molecule has 5 heteroatoms. The number of para-hydroxylation sites is 2. The van der Waals surface area contributed by atoms with E-state index in [2.05, 4.69) is 4.90 Å². The number of hydrogen-bond donors (Lipinski definition) is 1. The van der Waals surface area contributed by atoms with Gasteiger partial charge in [-0.3, -0.25) is 4.79 Å². The zero-order valence-electron chi connectivity index (χ0n) is 13.8. The van der Waals surface area contributed by atoms with Crippen molar-refractivity contribution in [1.82, 2.24) is 0 Å². The van der Waals surface area contributed by atoms with Crippen LogP contribution in [0.25, 0.3) is 0 Å². The first-order chi connectivity index (χ1) is 11.5. The molecule has 1 unspecified atom stereocenters. The number of benzene rings is 2. The highest BCUT2D eigenvalue weighted by molar-refractivity contribution is 5.97. The van der Waals surface area contributed by atoms with Crippen LogP contribution in [0.1, 0.15) is 29.8 Å². The van der Waals surface area contributed by atoms with Crippen molar-refractivity contribution in [3.63, 3.8) is 0 Å². The maximum absolute atomic E-state index is 12.0. The summed E-state index contributed by atoms with van der Waals surface area (Å²) in [5.74, 6) is -0.908. The molecule has 1 amide bonds. The van der Waals surface area contributed by atoms with Gasteiger partial charge < -0.3 is 14.9 Å². The molecule has 124 valence electrons. The van der Waals surface area contributed by atoms with Crippen molar-refractivity contribution in [3.05, 3.63) is 59.7 Å². The Hall–Kier alpha value is -2.82. The van der Waals surface area contributed by atoms with Crippen LogP contribution in [0.4, 0.5) is 11.4 Å². The van der Waals surface area contributed by atoms with Crippen molar-refractivity contribution >= 4 is 23.3 Å². The average molecular weight is 324 g/mol.